The van der Waals surface area contributed by atoms with Crippen molar-refractivity contribution in [2.24, 2.45) is 5.92 Å². The number of hydrogen-bond acceptors (Lipinski definition) is 3. The molecule has 1 atom stereocenters. The summed E-state index contributed by atoms with van der Waals surface area (Å²) in [6, 6.07) is 9.79. The van der Waals surface area contributed by atoms with Gasteiger partial charge in [0.2, 0.25) is 0 Å². The van der Waals surface area contributed by atoms with Crippen LogP contribution in [0, 0.1) is 17.2 Å². The van der Waals surface area contributed by atoms with Crippen molar-refractivity contribution in [2.75, 3.05) is 6.54 Å². The summed E-state index contributed by atoms with van der Waals surface area (Å²) in [5.41, 5.74) is 0.962. The summed E-state index contributed by atoms with van der Waals surface area (Å²) in [5.74, 6) is 1.46. The minimum absolute atomic E-state index is 0.143. The third-order valence-electron chi connectivity index (χ3n) is 2.76. The van der Waals surface area contributed by atoms with E-state index >= 15 is 0 Å². The van der Waals surface area contributed by atoms with Gasteiger partial charge in [0.25, 0.3) is 0 Å². The summed E-state index contributed by atoms with van der Waals surface area (Å²) in [5, 5.41) is 12.5. The van der Waals surface area contributed by atoms with Crippen molar-refractivity contribution in [3.8, 4) is 11.8 Å². The van der Waals surface area contributed by atoms with Gasteiger partial charge in [0.1, 0.15) is 11.8 Å². The molecular formula is C16H24N2O. The highest BCUT2D eigenvalue weighted by Crippen LogP contribution is 2.20. The van der Waals surface area contributed by atoms with Crippen LogP contribution in [0.1, 0.15) is 45.7 Å². The number of ether oxygens (including phenoxy) is 1. The van der Waals surface area contributed by atoms with Crippen LogP contribution >= 0.6 is 0 Å². The lowest BCUT2D eigenvalue weighted by Gasteiger charge is -2.15. The molecule has 0 bridgehead atoms. The van der Waals surface area contributed by atoms with E-state index in [-0.39, 0.29) is 12.1 Å². The van der Waals surface area contributed by atoms with Gasteiger partial charge in [0, 0.05) is 0 Å². The van der Waals surface area contributed by atoms with Gasteiger partial charge in [0.05, 0.1) is 12.2 Å². The van der Waals surface area contributed by atoms with Crippen molar-refractivity contribution in [3.63, 3.8) is 0 Å². The number of nitrogens with one attached hydrogen (secondary N) is 1. The molecule has 0 aromatic heterocycles. The molecule has 0 saturated carbocycles. The molecule has 0 fully saturated rings. The Kier molecular flexibility index (Phi) is 6.38. The van der Waals surface area contributed by atoms with E-state index in [1.54, 1.807) is 0 Å². The summed E-state index contributed by atoms with van der Waals surface area (Å²) in [6.07, 6.45) is 1.21. The topological polar surface area (TPSA) is 45.0 Å². The van der Waals surface area contributed by atoms with Crippen LogP contribution in [-0.2, 0) is 0 Å². The van der Waals surface area contributed by atoms with Crippen molar-refractivity contribution >= 4 is 0 Å². The van der Waals surface area contributed by atoms with Crippen LogP contribution in [0.4, 0.5) is 0 Å². The second-order valence-corrected chi connectivity index (χ2v) is 5.44. The van der Waals surface area contributed by atoms with Gasteiger partial charge in [-0.15, -0.1) is 0 Å². The normalized spacial score (nSPS) is 12.5. The molecule has 104 valence electrons. The van der Waals surface area contributed by atoms with Crippen LogP contribution < -0.4 is 10.1 Å². The minimum atomic E-state index is -0.269. The number of rotatable bonds is 7. The van der Waals surface area contributed by atoms with E-state index in [1.165, 1.54) is 0 Å². The molecule has 1 N–H and O–H groups in total. The maximum Gasteiger partial charge on any atom is 0.121 e. The molecule has 1 rings (SSSR count). The first kappa shape index (κ1) is 15.5. The number of nitrogens with zero attached hydrogens (tertiary/aromatic N) is 1. The maximum atomic E-state index is 9.26. The number of nitriles is 1. The average Bonchev–Trinajstić information content (AvgIpc) is 2.34. The van der Waals surface area contributed by atoms with Gasteiger partial charge < -0.3 is 4.74 Å². The average molecular weight is 260 g/mol. The fourth-order valence-electron chi connectivity index (χ4n) is 1.79. The Morgan fingerprint density at radius 3 is 2.58 bits per heavy atom. The van der Waals surface area contributed by atoms with E-state index < -0.39 is 0 Å². The standard InChI is InChI=1S/C16H24N2O/c1-12(2)8-9-18-16(11-17)14-6-5-7-15(10-14)19-13(3)4/h5-7,10,12-13,16,18H,8-9H2,1-4H3. The van der Waals surface area contributed by atoms with Crippen LogP contribution in [-0.4, -0.2) is 12.6 Å². The van der Waals surface area contributed by atoms with Gasteiger partial charge >= 0.3 is 0 Å². The molecule has 19 heavy (non-hydrogen) atoms. The summed E-state index contributed by atoms with van der Waals surface area (Å²) >= 11 is 0. The van der Waals surface area contributed by atoms with E-state index in [0.29, 0.717) is 5.92 Å². The first-order chi connectivity index (χ1) is 9.02. The molecular weight excluding hydrogens is 236 g/mol. The van der Waals surface area contributed by atoms with Crippen LogP contribution in [0.15, 0.2) is 24.3 Å². The Balaban J connectivity index is 2.67. The van der Waals surface area contributed by atoms with Gasteiger partial charge in [-0.05, 0) is 50.4 Å². The molecule has 0 radical (unpaired) electrons. The van der Waals surface area contributed by atoms with Crippen molar-refractivity contribution < 1.29 is 4.74 Å². The molecule has 0 heterocycles. The molecule has 0 amide bonds. The Morgan fingerprint density at radius 2 is 2.00 bits per heavy atom. The van der Waals surface area contributed by atoms with E-state index in [1.807, 2.05) is 38.1 Å². The first-order valence-electron chi connectivity index (χ1n) is 6.92. The lowest BCUT2D eigenvalue weighted by molar-refractivity contribution is 0.242. The molecule has 0 spiro atoms. The molecule has 0 aliphatic heterocycles. The van der Waals surface area contributed by atoms with Gasteiger partial charge in [-0.3, -0.25) is 5.32 Å². The number of benzene rings is 1. The Bertz CT molecular complexity index is 421. The molecule has 0 saturated heterocycles. The lowest BCUT2D eigenvalue weighted by atomic mass is 10.1. The quantitative estimate of drug-likeness (QED) is 0.813. The predicted molar refractivity (Wildman–Crippen MR) is 78.0 cm³/mol. The lowest BCUT2D eigenvalue weighted by Crippen LogP contribution is -2.22. The van der Waals surface area contributed by atoms with E-state index in [2.05, 4.69) is 25.2 Å². The highest BCUT2D eigenvalue weighted by Gasteiger charge is 2.11. The summed E-state index contributed by atoms with van der Waals surface area (Å²) in [4.78, 5) is 0. The molecule has 0 aliphatic rings. The first-order valence-corrected chi connectivity index (χ1v) is 6.92. The van der Waals surface area contributed by atoms with Crippen LogP contribution in [0.5, 0.6) is 5.75 Å². The zero-order valence-corrected chi connectivity index (χ0v) is 12.3. The van der Waals surface area contributed by atoms with Gasteiger partial charge in [-0.25, -0.2) is 0 Å². The molecule has 1 aromatic rings. The Morgan fingerprint density at radius 1 is 1.26 bits per heavy atom. The zero-order valence-electron chi connectivity index (χ0n) is 12.3. The Hall–Kier alpha value is -1.53. The van der Waals surface area contributed by atoms with Gasteiger partial charge in [0.15, 0.2) is 0 Å². The van der Waals surface area contributed by atoms with Crippen molar-refractivity contribution in [3.05, 3.63) is 29.8 Å². The minimum Gasteiger partial charge on any atom is -0.491 e. The second kappa shape index (κ2) is 7.81. The second-order valence-electron chi connectivity index (χ2n) is 5.44. The van der Waals surface area contributed by atoms with Crippen molar-refractivity contribution in [2.45, 2.75) is 46.3 Å². The highest BCUT2D eigenvalue weighted by molar-refractivity contribution is 5.33. The largest absolute Gasteiger partial charge is 0.491 e. The molecule has 0 aliphatic carbocycles. The molecule has 3 nitrogen and oxygen atoms in total. The van der Waals surface area contributed by atoms with Crippen LogP contribution in [0.3, 0.4) is 0 Å². The van der Waals surface area contributed by atoms with E-state index in [4.69, 9.17) is 4.74 Å². The Labute approximate surface area is 116 Å². The SMILES string of the molecule is CC(C)CCNC(C#N)c1cccc(OC(C)C)c1. The molecule has 1 aromatic carbocycles. The fourth-order valence-corrected chi connectivity index (χ4v) is 1.79. The fraction of sp³-hybridized carbons (Fsp3) is 0.562. The van der Waals surface area contributed by atoms with E-state index in [9.17, 15) is 5.26 Å². The third-order valence-corrected chi connectivity index (χ3v) is 2.76. The zero-order chi connectivity index (χ0) is 14.3. The van der Waals surface area contributed by atoms with Crippen LogP contribution in [0.2, 0.25) is 0 Å². The van der Waals surface area contributed by atoms with Crippen LogP contribution in [0.25, 0.3) is 0 Å². The van der Waals surface area contributed by atoms with Crippen molar-refractivity contribution in [1.82, 2.24) is 5.32 Å². The monoisotopic (exact) mass is 260 g/mol. The summed E-state index contributed by atoms with van der Waals surface area (Å²) in [7, 11) is 0. The summed E-state index contributed by atoms with van der Waals surface area (Å²) in [6.45, 7) is 9.20. The van der Waals surface area contributed by atoms with Crippen molar-refractivity contribution in [1.29, 1.82) is 5.26 Å². The van der Waals surface area contributed by atoms with Gasteiger partial charge in [-0.1, -0.05) is 26.0 Å². The predicted octanol–water partition coefficient (Wildman–Crippen LogP) is 3.67. The molecule has 3 heteroatoms. The number of hydrogen-bond donors (Lipinski definition) is 1. The summed E-state index contributed by atoms with van der Waals surface area (Å²) < 4.78 is 5.66. The highest BCUT2D eigenvalue weighted by atomic mass is 16.5. The molecule has 1 unspecified atom stereocenters. The maximum absolute atomic E-state index is 9.26. The van der Waals surface area contributed by atoms with Gasteiger partial charge in [-0.2, -0.15) is 5.26 Å². The third kappa shape index (κ3) is 5.76. The smallest absolute Gasteiger partial charge is 0.121 e. The van der Waals surface area contributed by atoms with E-state index in [0.717, 1.165) is 24.3 Å².